The van der Waals surface area contributed by atoms with Crippen molar-refractivity contribution in [3.05, 3.63) is 216 Å². The van der Waals surface area contributed by atoms with E-state index < -0.39 is 0 Å². The predicted molar refractivity (Wildman–Crippen MR) is 270 cm³/mol. The number of para-hydroxylation sites is 4. The van der Waals surface area contributed by atoms with E-state index in [-0.39, 0.29) is 0 Å². The normalized spacial score (nSPS) is 11.8. The fraction of sp³-hybridized carbons (Fsp3) is 0.0667. The zero-order valence-electron chi connectivity index (χ0n) is 36.2. The first-order chi connectivity index (χ1) is 31.4. The molecule has 0 aliphatic heterocycles. The monoisotopic (exact) mass is 824 g/mol. The van der Waals surface area contributed by atoms with Gasteiger partial charge in [-0.3, -0.25) is 0 Å². The van der Waals surface area contributed by atoms with E-state index in [2.05, 4.69) is 232 Å². The first kappa shape index (κ1) is 37.7. The third-order valence-corrected chi connectivity index (χ3v) is 13.1. The van der Waals surface area contributed by atoms with Crippen LogP contribution in [-0.4, -0.2) is 0 Å². The fourth-order valence-corrected chi connectivity index (χ4v) is 9.82. The van der Waals surface area contributed by atoms with Gasteiger partial charge in [-0.25, -0.2) is 0 Å². The summed E-state index contributed by atoms with van der Waals surface area (Å²) in [5.41, 5.74) is 17.0. The van der Waals surface area contributed by atoms with Crippen molar-refractivity contribution in [1.29, 1.82) is 0 Å². The van der Waals surface area contributed by atoms with Crippen molar-refractivity contribution in [2.75, 3.05) is 9.80 Å². The molecule has 0 N–H and O–H groups in total. The molecule has 0 saturated carbocycles. The summed E-state index contributed by atoms with van der Waals surface area (Å²) in [5.74, 6) is 0. The minimum Gasteiger partial charge on any atom is -0.455 e. The molecule has 2 aromatic heterocycles. The highest BCUT2D eigenvalue weighted by molar-refractivity contribution is 6.24. The van der Waals surface area contributed by atoms with Crippen molar-refractivity contribution in [2.45, 2.75) is 27.7 Å². The molecule has 0 spiro atoms. The summed E-state index contributed by atoms with van der Waals surface area (Å²) in [6, 6.07) is 69.7. The van der Waals surface area contributed by atoms with E-state index in [0.29, 0.717) is 0 Å². The Bertz CT molecular complexity index is 3480. The SMILES string of the molecule is Cc1ccccc1N(c1ccc2cc3c(cc2c1)oc1c(-c2ccccc2)c2oc4cc5cc(N(c6ccccc6C)c6ccccc6C)ccc5cc4c2cc13)c1ccccc1C. The number of hydrogen-bond acceptors (Lipinski definition) is 4. The first-order valence-corrected chi connectivity index (χ1v) is 22.0. The summed E-state index contributed by atoms with van der Waals surface area (Å²) in [6.45, 7) is 8.71. The number of aryl methyl sites for hydroxylation is 4. The van der Waals surface area contributed by atoms with Crippen molar-refractivity contribution < 1.29 is 8.83 Å². The number of rotatable bonds is 7. The first-order valence-electron chi connectivity index (χ1n) is 22.0. The van der Waals surface area contributed by atoms with Gasteiger partial charge in [0.2, 0.25) is 0 Å². The van der Waals surface area contributed by atoms with Gasteiger partial charge >= 0.3 is 0 Å². The van der Waals surface area contributed by atoms with Gasteiger partial charge in [0, 0.05) is 55.7 Å². The van der Waals surface area contributed by atoms with Gasteiger partial charge in [0.15, 0.2) is 0 Å². The number of furan rings is 2. The van der Waals surface area contributed by atoms with E-state index in [9.17, 15) is 0 Å². The fourth-order valence-electron chi connectivity index (χ4n) is 9.82. The Labute approximate surface area is 371 Å². The molecular formula is C60H44N2O2. The quantitative estimate of drug-likeness (QED) is 0.160. The number of anilines is 6. The molecule has 0 atom stereocenters. The van der Waals surface area contributed by atoms with Crippen LogP contribution in [0.3, 0.4) is 0 Å². The van der Waals surface area contributed by atoms with Gasteiger partial charge < -0.3 is 18.6 Å². The highest BCUT2D eigenvalue weighted by Crippen LogP contribution is 2.47. The highest BCUT2D eigenvalue weighted by atomic mass is 16.3. The van der Waals surface area contributed by atoms with E-state index >= 15 is 0 Å². The second-order valence-electron chi connectivity index (χ2n) is 17.2. The van der Waals surface area contributed by atoms with Crippen molar-refractivity contribution in [1.82, 2.24) is 0 Å². The van der Waals surface area contributed by atoms with Crippen LogP contribution in [0.2, 0.25) is 0 Å². The molecule has 0 fully saturated rings. The highest BCUT2D eigenvalue weighted by Gasteiger charge is 2.24. The summed E-state index contributed by atoms with van der Waals surface area (Å²) in [7, 11) is 0. The zero-order valence-corrected chi connectivity index (χ0v) is 36.2. The molecule has 0 saturated heterocycles. The summed E-state index contributed by atoms with van der Waals surface area (Å²) < 4.78 is 14.0. The van der Waals surface area contributed by atoms with Crippen LogP contribution in [0, 0.1) is 27.7 Å². The van der Waals surface area contributed by atoms with Gasteiger partial charge in [-0.1, -0.05) is 115 Å². The second-order valence-corrected chi connectivity index (χ2v) is 17.2. The van der Waals surface area contributed by atoms with Crippen LogP contribution in [0.1, 0.15) is 22.3 Å². The second kappa shape index (κ2) is 14.8. The summed E-state index contributed by atoms with van der Waals surface area (Å²) >= 11 is 0. The average molecular weight is 825 g/mol. The summed E-state index contributed by atoms with van der Waals surface area (Å²) in [4.78, 5) is 4.74. The van der Waals surface area contributed by atoms with Crippen molar-refractivity contribution >= 4 is 99.5 Å². The molecule has 4 nitrogen and oxygen atoms in total. The summed E-state index contributed by atoms with van der Waals surface area (Å²) in [5, 5.41) is 8.82. The Morgan fingerprint density at radius 2 is 0.688 bits per heavy atom. The van der Waals surface area contributed by atoms with Gasteiger partial charge in [-0.2, -0.15) is 0 Å². The van der Waals surface area contributed by atoms with Gasteiger partial charge in [0.05, 0.1) is 5.56 Å². The lowest BCUT2D eigenvalue weighted by atomic mass is 9.97. The molecule has 4 heteroatoms. The molecule has 0 radical (unpaired) electrons. The van der Waals surface area contributed by atoms with Crippen molar-refractivity contribution in [3.63, 3.8) is 0 Å². The summed E-state index contributed by atoms with van der Waals surface area (Å²) in [6.07, 6.45) is 0. The molecule has 12 aromatic rings. The largest absolute Gasteiger partial charge is 0.455 e. The van der Waals surface area contributed by atoms with Gasteiger partial charge in [0.1, 0.15) is 22.3 Å². The van der Waals surface area contributed by atoms with E-state index in [1.54, 1.807) is 0 Å². The molecule has 10 aromatic carbocycles. The molecule has 306 valence electrons. The maximum atomic E-state index is 7.00. The average Bonchev–Trinajstić information content (AvgIpc) is 3.85. The Balaban J connectivity index is 1.04. The van der Waals surface area contributed by atoms with Crippen LogP contribution in [-0.2, 0) is 0 Å². The third-order valence-electron chi connectivity index (χ3n) is 13.1. The number of fused-ring (bicyclic) bond motifs is 8. The van der Waals surface area contributed by atoms with Gasteiger partial charge in [-0.05, 0) is 156 Å². The molecular weight excluding hydrogens is 781 g/mol. The Kier molecular flexibility index (Phi) is 8.70. The minimum atomic E-state index is 0.823. The van der Waals surface area contributed by atoms with Crippen LogP contribution in [0.5, 0.6) is 0 Å². The maximum Gasteiger partial charge on any atom is 0.147 e. The molecule has 0 amide bonds. The van der Waals surface area contributed by atoms with Gasteiger partial charge in [0.25, 0.3) is 0 Å². The van der Waals surface area contributed by atoms with E-state index in [4.69, 9.17) is 8.83 Å². The number of nitrogens with zero attached hydrogens (tertiary/aromatic N) is 2. The van der Waals surface area contributed by atoms with E-state index in [1.807, 2.05) is 0 Å². The molecule has 2 heterocycles. The molecule has 0 bridgehead atoms. The topological polar surface area (TPSA) is 32.8 Å². The predicted octanol–water partition coefficient (Wildman–Crippen LogP) is 17.6. The Morgan fingerprint density at radius 3 is 1.08 bits per heavy atom. The van der Waals surface area contributed by atoms with Crippen LogP contribution in [0.25, 0.3) is 76.5 Å². The Morgan fingerprint density at radius 1 is 0.312 bits per heavy atom. The van der Waals surface area contributed by atoms with Crippen LogP contribution in [0.4, 0.5) is 34.1 Å². The lowest BCUT2D eigenvalue weighted by Gasteiger charge is -2.28. The maximum absolute atomic E-state index is 7.00. The minimum absolute atomic E-state index is 0.823. The van der Waals surface area contributed by atoms with Crippen molar-refractivity contribution in [2.24, 2.45) is 0 Å². The zero-order chi connectivity index (χ0) is 43.1. The number of hydrogen-bond donors (Lipinski definition) is 0. The molecule has 64 heavy (non-hydrogen) atoms. The molecule has 0 unspecified atom stereocenters. The van der Waals surface area contributed by atoms with Crippen molar-refractivity contribution in [3.8, 4) is 11.1 Å². The van der Waals surface area contributed by atoms with E-state index in [1.165, 1.54) is 22.3 Å². The third kappa shape index (κ3) is 6.06. The van der Waals surface area contributed by atoms with E-state index in [0.717, 1.165) is 111 Å². The van der Waals surface area contributed by atoms with Crippen LogP contribution in [0.15, 0.2) is 203 Å². The molecule has 0 aliphatic carbocycles. The number of benzene rings is 10. The standard InChI is InChI=1S/C60H44N2O2/c1-37-16-8-12-22-52(37)61(53-23-13-9-17-38(53)2)46-28-26-42-32-48-50-36-51-49-33-43-27-29-47(62(54-24-14-10-18-39(54)3)55-25-15-11-19-40(55)4)31-45(43)35-57(49)64-60(51)58(41-20-6-5-7-21-41)59(50)63-56(48)34-44(42)30-46/h5-36H,1-4H3. The van der Waals surface area contributed by atoms with Gasteiger partial charge in [-0.15, -0.1) is 0 Å². The van der Waals surface area contributed by atoms with Crippen LogP contribution < -0.4 is 9.80 Å². The molecule has 0 aliphatic rings. The van der Waals surface area contributed by atoms with Crippen LogP contribution >= 0.6 is 0 Å². The molecule has 12 rings (SSSR count). The lowest BCUT2D eigenvalue weighted by molar-refractivity contribution is 0.658. The smallest absolute Gasteiger partial charge is 0.147 e. The lowest BCUT2D eigenvalue weighted by Crippen LogP contribution is -2.12. The Hall–Kier alpha value is -8.08.